The number of sulfonamides is 1. The van der Waals surface area contributed by atoms with Crippen molar-refractivity contribution in [3.63, 3.8) is 0 Å². The van der Waals surface area contributed by atoms with Gasteiger partial charge >= 0.3 is 0 Å². The number of primary amides is 2. The van der Waals surface area contributed by atoms with Crippen molar-refractivity contribution in [3.05, 3.63) is 28.3 Å². The highest BCUT2D eigenvalue weighted by Gasteiger charge is 2.21. The van der Waals surface area contributed by atoms with Gasteiger partial charge in [-0.1, -0.05) is 11.6 Å². The van der Waals surface area contributed by atoms with Crippen molar-refractivity contribution < 1.29 is 23.5 Å². The molecule has 0 atom stereocenters. The average molecular weight is 296 g/mol. The summed E-state index contributed by atoms with van der Waals surface area (Å²) in [6.07, 6.45) is 0. The number of amides is 2. The van der Waals surface area contributed by atoms with Crippen molar-refractivity contribution in [1.29, 1.82) is 0 Å². The molecule has 0 aromatic heterocycles. The number of benzene rings is 1. The maximum absolute atomic E-state index is 11.1. The molecule has 8 nitrogen and oxygen atoms in total. The Labute approximate surface area is 107 Å². The largest absolute Gasteiger partial charge is 0.412 e. The molecule has 0 aliphatic rings. The molecule has 10 heteroatoms. The molecule has 0 unspecified atom stereocenters. The van der Waals surface area contributed by atoms with E-state index in [0.29, 0.717) is 0 Å². The fourth-order valence-electron chi connectivity index (χ4n) is 1.18. The molecule has 100 valence electrons. The van der Waals surface area contributed by atoms with Gasteiger partial charge in [-0.05, 0) is 12.1 Å². The SMILES string of the molecule is NC(=O)c1cc(Cl)c(S(N)(=O)=O)cc1C(N)=O.O. The van der Waals surface area contributed by atoms with Crippen LogP contribution in [0.1, 0.15) is 20.7 Å². The number of primary sulfonamides is 1. The topological polar surface area (TPSA) is 178 Å². The van der Waals surface area contributed by atoms with Crippen molar-refractivity contribution in [2.75, 3.05) is 0 Å². The third-order valence-corrected chi connectivity index (χ3v) is 3.29. The molecule has 18 heavy (non-hydrogen) atoms. The minimum Gasteiger partial charge on any atom is -0.412 e. The van der Waals surface area contributed by atoms with E-state index in [1.807, 2.05) is 0 Å². The molecule has 0 aliphatic carbocycles. The highest BCUT2D eigenvalue weighted by molar-refractivity contribution is 7.89. The number of halogens is 1. The summed E-state index contributed by atoms with van der Waals surface area (Å²) in [7, 11) is -4.12. The molecule has 0 heterocycles. The fourth-order valence-corrected chi connectivity index (χ4v) is 2.28. The maximum atomic E-state index is 11.1. The first-order valence-corrected chi connectivity index (χ1v) is 6.03. The minimum atomic E-state index is -4.12. The number of carbonyl (C=O) groups is 2. The summed E-state index contributed by atoms with van der Waals surface area (Å²) in [6.45, 7) is 0. The van der Waals surface area contributed by atoms with Gasteiger partial charge in [0.2, 0.25) is 21.8 Å². The van der Waals surface area contributed by atoms with Gasteiger partial charge in [-0.2, -0.15) is 0 Å². The lowest BCUT2D eigenvalue weighted by Crippen LogP contribution is -2.22. The van der Waals surface area contributed by atoms with Crippen LogP contribution in [0.4, 0.5) is 0 Å². The van der Waals surface area contributed by atoms with E-state index in [0.717, 1.165) is 12.1 Å². The van der Waals surface area contributed by atoms with Crippen molar-refractivity contribution in [2.45, 2.75) is 4.90 Å². The van der Waals surface area contributed by atoms with Gasteiger partial charge in [-0.25, -0.2) is 13.6 Å². The second-order valence-electron chi connectivity index (χ2n) is 3.10. The third-order valence-electron chi connectivity index (χ3n) is 1.91. The Morgan fingerprint density at radius 3 is 1.78 bits per heavy atom. The predicted molar refractivity (Wildman–Crippen MR) is 63.5 cm³/mol. The summed E-state index contributed by atoms with van der Waals surface area (Å²) >= 11 is 5.62. The number of hydrogen-bond acceptors (Lipinski definition) is 4. The van der Waals surface area contributed by atoms with E-state index in [1.165, 1.54) is 0 Å². The summed E-state index contributed by atoms with van der Waals surface area (Å²) in [5.41, 5.74) is 9.36. The Morgan fingerprint density at radius 1 is 1.06 bits per heavy atom. The van der Waals surface area contributed by atoms with E-state index in [-0.39, 0.29) is 21.6 Å². The molecule has 1 aromatic carbocycles. The Morgan fingerprint density at radius 2 is 1.44 bits per heavy atom. The molecule has 0 fully saturated rings. The molecule has 0 saturated heterocycles. The highest BCUT2D eigenvalue weighted by atomic mass is 35.5. The molecular formula is C8H10ClN3O5S. The first-order valence-electron chi connectivity index (χ1n) is 4.10. The molecule has 0 saturated carbocycles. The minimum absolute atomic E-state index is 0. The second kappa shape index (κ2) is 5.31. The summed E-state index contributed by atoms with van der Waals surface area (Å²) in [4.78, 5) is 21.6. The predicted octanol–water partition coefficient (Wildman–Crippen LogP) is -1.64. The first kappa shape index (κ1) is 16.3. The highest BCUT2D eigenvalue weighted by Crippen LogP contribution is 2.24. The first-order chi connectivity index (χ1) is 7.64. The van der Waals surface area contributed by atoms with Gasteiger partial charge in [0.1, 0.15) is 4.90 Å². The van der Waals surface area contributed by atoms with Crippen molar-refractivity contribution in [1.82, 2.24) is 0 Å². The average Bonchev–Trinajstić information content (AvgIpc) is 2.14. The smallest absolute Gasteiger partial charge is 0.249 e. The Balaban J connectivity index is 0.00000289. The number of rotatable bonds is 3. The van der Waals surface area contributed by atoms with E-state index < -0.39 is 26.7 Å². The summed E-state index contributed by atoms with van der Waals surface area (Å²) < 4.78 is 22.3. The van der Waals surface area contributed by atoms with E-state index in [9.17, 15) is 18.0 Å². The van der Waals surface area contributed by atoms with Crippen molar-refractivity contribution >= 4 is 33.4 Å². The van der Waals surface area contributed by atoms with Crippen LogP contribution in [0, 0.1) is 0 Å². The van der Waals surface area contributed by atoms with Crippen LogP contribution in [-0.4, -0.2) is 25.7 Å². The van der Waals surface area contributed by atoms with Crippen LogP contribution in [0.5, 0.6) is 0 Å². The molecule has 1 rings (SSSR count). The molecule has 0 aliphatic heterocycles. The van der Waals surface area contributed by atoms with Gasteiger partial charge in [0, 0.05) is 0 Å². The number of hydrogen-bond donors (Lipinski definition) is 3. The van der Waals surface area contributed by atoms with E-state index in [2.05, 4.69) is 0 Å². The molecule has 0 bridgehead atoms. The lowest BCUT2D eigenvalue weighted by Gasteiger charge is -2.07. The van der Waals surface area contributed by atoms with Crippen LogP contribution < -0.4 is 16.6 Å². The van der Waals surface area contributed by atoms with Gasteiger partial charge in [-0.15, -0.1) is 0 Å². The lowest BCUT2D eigenvalue weighted by molar-refractivity contribution is 0.0967. The van der Waals surface area contributed by atoms with Crippen LogP contribution in [0.25, 0.3) is 0 Å². The van der Waals surface area contributed by atoms with Gasteiger partial charge in [0.15, 0.2) is 0 Å². The van der Waals surface area contributed by atoms with E-state index in [4.69, 9.17) is 28.2 Å². The van der Waals surface area contributed by atoms with Crippen LogP contribution >= 0.6 is 11.6 Å². The van der Waals surface area contributed by atoms with E-state index in [1.54, 1.807) is 0 Å². The monoisotopic (exact) mass is 295 g/mol. The van der Waals surface area contributed by atoms with Crippen LogP contribution in [0.2, 0.25) is 5.02 Å². The zero-order valence-corrected chi connectivity index (χ0v) is 10.4. The molecule has 2 amide bonds. The number of nitrogens with two attached hydrogens (primary N) is 3. The molecule has 0 radical (unpaired) electrons. The quantitative estimate of drug-likeness (QED) is 0.605. The Hall–Kier alpha value is -1.68. The zero-order chi connectivity index (χ0) is 13.4. The molecule has 0 spiro atoms. The van der Waals surface area contributed by atoms with Crippen molar-refractivity contribution in [3.8, 4) is 0 Å². The van der Waals surface area contributed by atoms with Gasteiger partial charge in [-0.3, -0.25) is 9.59 Å². The van der Waals surface area contributed by atoms with Gasteiger partial charge in [0.05, 0.1) is 16.1 Å². The lowest BCUT2D eigenvalue weighted by atomic mass is 10.1. The summed E-state index contributed by atoms with van der Waals surface area (Å²) in [5, 5.41) is 4.56. The van der Waals surface area contributed by atoms with E-state index >= 15 is 0 Å². The Bertz CT molecular complexity index is 613. The third kappa shape index (κ3) is 3.17. The second-order valence-corrected chi connectivity index (χ2v) is 5.04. The fraction of sp³-hybridized carbons (Fsp3) is 0. The summed E-state index contributed by atoms with van der Waals surface area (Å²) in [6, 6.07) is 1.75. The Kier molecular flexibility index (Phi) is 4.82. The van der Waals surface area contributed by atoms with Crippen LogP contribution in [0.3, 0.4) is 0 Å². The number of carbonyl (C=O) groups excluding carboxylic acids is 2. The van der Waals surface area contributed by atoms with Gasteiger partial charge < -0.3 is 16.9 Å². The van der Waals surface area contributed by atoms with Crippen LogP contribution in [0.15, 0.2) is 17.0 Å². The molecule has 1 aromatic rings. The van der Waals surface area contributed by atoms with Gasteiger partial charge in [0.25, 0.3) is 0 Å². The van der Waals surface area contributed by atoms with Crippen LogP contribution in [-0.2, 0) is 10.0 Å². The zero-order valence-electron chi connectivity index (χ0n) is 8.81. The summed E-state index contributed by atoms with van der Waals surface area (Å²) in [5.74, 6) is -1.97. The maximum Gasteiger partial charge on any atom is 0.249 e. The normalized spacial score (nSPS) is 10.6. The molecular weight excluding hydrogens is 286 g/mol. The van der Waals surface area contributed by atoms with Crippen molar-refractivity contribution in [2.24, 2.45) is 16.6 Å². The molecule has 8 N–H and O–H groups in total. The standard InChI is InChI=1S/C8H8ClN3O4S.H2O/c9-5-1-3(7(10)13)4(8(11)14)2-6(5)17(12,15)16;/h1-2H,(H2,10,13)(H2,11,14)(H2,12,15,16);1H2.